The summed E-state index contributed by atoms with van der Waals surface area (Å²) in [5.41, 5.74) is -0.811. The van der Waals surface area contributed by atoms with Crippen LogP contribution in [0, 0.1) is 4.91 Å². The quantitative estimate of drug-likeness (QED) is 0.767. The molecule has 0 amide bonds. The summed E-state index contributed by atoms with van der Waals surface area (Å²) < 4.78 is 0.834. The molecule has 0 bridgehead atoms. The number of hydrogen-bond donors (Lipinski definition) is 1. The van der Waals surface area contributed by atoms with Gasteiger partial charge in [0, 0.05) is 5.39 Å². The molecule has 16 heavy (non-hydrogen) atoms. The van der Waals surface area contributed by atoms with Crippen molar-refractivity contribution >= 4 is 16.9 Å². The number of fused-ring (bicyclic) bond motifs is 1. The van der Waals surface area contributed by atoms with Crippen molar-refractivity contribution in [2.75, 3.05) is 0 Å². The van der Waals surface area contributed by atoms with E-state index in [0.717, 1.165) is 10.9 Å². The van der Waals surface area contributed by atoms with Crippen LogP contribution in [-0.2, 0) is 0 Å². The van der Waals surface area contributed by atoms with Gasteiger partial charge in [0.2, 0.25) is 5.43 Å². The van der Waals surface area contributed by atoms with Crippen molar-refractivity contribution in [1.82, 2.24) is 4.68 Å². The predicted molar refractivity (Wildman–Crippen MR) is 56.4 cm³/mol. The zero-order valence-corrected chi connectivity index (χ0v) is 7.95. The second-order valence-electron chi connectivity index (χ2n) is 3.12. The highest BCUT2D eigenvalue weighted by Crippen LogP contribution is 2.11. The van der Waals surface area contributed by atoms with E-state index in [2.05, 4.69) is 5.29 Å². The van der Waals surface area contributed by atoms with Gasteiger partial charge in [-0.25, -0.2) is 9.47 Å². The Morgan fingerprint density at radius 2 is 2.00 bits per heavy atom. The van der Waals surface area contributed by atoms with E-state index in [1.54, 1.807) is 12.1 Å². The number of para-hydroxylation sites is 1. The Balaban J connectivity index is 3.00. The van der Waals surface area contributed by atoms with Gasteiger partial charge < -0.3 is 5.11 Å². The van der Waals surface area contributed by atoms with Crippen LogP contribution in [0.1, 0.15) is 10.4 Å². The minimum atomic E-state index is -1.38. The number of nitrogens with zero attached hydrogens (tertiary/aromatic N) is 2. The van der Waals surface area contributed by atoms with Crippen LogP contribution in [0.15, 0.2) is 40.5 Å². The molecule has 0 radical (unpaired) electrons. The third-order valence-electron chi connectivity index (χ3n) is 2.21. The molecular weight excluding hydrogens is 212 g/mol. The molecule has 0 saturated heterocycles. The minimum absolute atomic E-state index is 0.155. The number of pyridine rings is 1. The van der Waals surface area contributed by atoms with Crippen LogP contribution in [0.25, 0.3) is 10.9 Å². The zero-order valence-electron chi connectivity index (χ0n) is 7.95. The second kappa shape index (κ2) is 3.58. The molecule has 0 fully saturated rings. The maximum absolute atomic E-state index is 11.7. The number of aromatic carboxylic acids is 1. The SMILES string of the molecule is O=Nn1cc(C(=O)O)c(=O)c2ccccc21. The number of carboxylic acids is 1. The molecule has 0 aliphatic carbocycles. The number of carboxylic acid groups (broad SMARTS) is 1. The maximum Gasteiger partial charge on any atom is 0.341 e. The number of rotatable bonds is 2. The van der Waals surface area contributed by atoms with E-state index in [-0.39, 0.29) is 10.9 Å². The summed E-state index contributed by atoms with van der Waals surface area (Å²) in [6.07, 6.45) is 0.917. The molecule has 0 unspecified atom stereocenters. The van der Waals surface area contributed by atoms with Gasteiger partial charge in [0.25, 0.3) is 0 Å². The molecule has 6 nitrogen and oxygen atoms in total. The van der Waals surface area contributed by atoms with Gasteiger partial charge in [-0.3, -0.25) is 4.79 Å². The summed E-state index contributed by atoms with van der Waals surface area (Å²) in [6.45, 7) is 0. The van der Waals surface area contributed by atoms with Gasteiger partial charge >= 0.3 is 5.97 Å². The van der Waals surface area contributed by atoms with Crippen molar-refractivity contribution < 1.29 is 9.90 Å². The number of nitroso groups, excluding NO2 is 1. The third-order valence-corrected chi connectivity index (χ3v) is 2.21. The van der Waals surface area contributed by atoms with Crippen LogP contribution in [0.3, 0.4) is 0 Å². The number of carbonyl (C=O) groups is 1. The minimum Gasteiger partial charge on any atom is -0.477 e. The van der Waals surface area contributed by atoms with Crippen LogP contribution >= 0.6 is 0 Å². The Bertz CT molecular complexity index is 645. The van der Waals surface area contributed by atoms with Crippen LogP contribution < -0.4 is 5.43 Å². The first kappa shape index (κ1) is 10.0. The zero-order chi connectivity index (χ0) is 11.7. The second-order valence-corrected chi connectivity index (χ2v) is 3.12. The van der Waals surface area contributed by atoms with E-state index in [0.29, 0.717) is 0 Å². The molecule has 0 spiro atoms. The average molecular weight is 218 g/mol. The third kappa shape index (κ3) is 1.36. The fourth-order valence-corrected chi connectivity index (χ4v) is 1.48. The fraction of sp³-hybridized carbons (Fsp3) is 0. The lowest BCUT2D eigenvalue weighted by atomic mass is 10.1. The first-order valence-electron chi connectivity index (χ1n) is 4.36. The molecule has 2 aromatic rings. The molecule has 80 valence electrons. The summed E-state index contributed by atoms with van der Waals surface area (Å²) in [5.74, 6) is -1.38. The smallest absolute Gasteiger partial charge is 0.341 e. The van der Waals surface area contributed by atoms with Gasteiger partial charge in [-0.2, -0.15) is 0 Å². The molecule has 1 heterocycles. The van der Waals surface area contributed by atoms with E-state index >= 15 is 0 Å². The van der Waals surface area contributed by atoms with E-state index in [4.69, 9.17) is 5.11 Å². The predicted octanol–water partition coefficient (Wildman–Crippen LogP) is 1.23. The molecule has 2 rings (SSSR count). The van der Waals surface area contributed by atoms with Crippen LogP contribution in [0.2, 0.25) is 0 Å². The summed E-state index contributed by atoms with van der Waals surface area (Å²) in [6, 6.07) is 6.18. The van der Waals surface area contributed by atoms with Gasteiger partial charge in [-0.05, 0) is 12.1 Å². The van der Waals surface area contributed by atoms with E-state index in [1.165, 1.54) is 12.1 Å². The van der Waals surface area contributed by atoms with Gasteiger partial charge in [-0.15, -0.1) is 4.91 Å². The molecule has 0 saturated carbocycles. The van der Waals surface area contributed by atoms with Crippen molar-refractivity contribution in [1.29, 1.82) is 0 Å². The standard InChI is InChI=1S/C10H6N2O4/c13-9-6-3-1-2-4-8(6)12(11-16)5-7(9)10(14)15/h1-5H,(H,14,15). The highest BCUT2D eigenvalue weighted by molar-refractivity contribution is 5.92. The van der Waals surface area contributed by atoms with Crippen molar-refractivity contribution in [3.63, 3.8) is 0 Å². The van der Waals surface area contributed by atoms with Crippen molar-refractivity contribution in [3.05, 3.63) is 51.2 Å². The normalized spacial score (nSPS) is 10.2. The fourth-order valence-electron chi connectivity index (χ4n) is 1.48. The lowest BCUT2D eigenvalue weighted by Gasteiger charge is -2.03. The summed E-state index contributed by atoms with van der Waals surface area (Å²) in [7, 11) is 0. The lowest BCUT2D eigenvalue weighted by molar-refractivity contribution is 0.0695. The summed E-state index contributed by atoms with van der Waals surface area (Å²) in [4.78, 5) is 33.0. The first-order valence-corrected chi connectivity index (χ1v) is 4.36. The highest BCUT2D eigenvalue weighted by Gasteiger charge is 2.14. The first-order chi connectivity index (χ1) is 7.65. The largest absolute Gasteiger partial charge is 0.477 e. The van der Waals surface area contributed by atoms with Gasteiger partial charge in [-0.1, -0.05) is 12.1 Å². The highest BCUT2D eigenvalue weighted by atomic mass is 16.4. The molecule has 0 atom stereocenters. The molecule has 0 aliphatic rings. The molecule has 0 aliphatic heterocycles. The molecule has 1 N–H and O–H groups in total. The molecular formula is C10H6N2O4. The van der Waals surface area contributed by atoms with Crippen molar-refractivity contribution in [3.8, 4) is 0 Å². The van der Waals surface area contributed by atoms with Crippen LogP contribution in [0.5, 0.6) is 0 Å². The Morgan fingerprint density at radius 1 is 1.31 bits per heavy atom. The van der Waals surface area contributed by atoms with Gasteiger partial charge in [0.1, 0.15) is 5.56 Å². The number of aromatic nitrogens is 1. The summed E-state index contributed by atoms with van der Waals surface area (Å²) in [5, 5.41) is 11.6. The van der Waals surface area contributed by atoms with Gasteiger partial charge in [0.05, 0.1) is 17.0 Å². The average Bonchev–Trinajstić information content (AvgIpc) is 2.29. The topological polar surface area (TPSA) is 88.7 Å². The van der Waals surface area contributed by atoms with Crippen molar-refractivity contribution in [2.24, 2.45) is 5.29 Å². The lowest BCUT2D eigenvalue weighted by Crippen LogP contribution is -2.17. The molecule has 1 aromatic carbocycles. The monoisotopic (exact) mass is 218 g/mol. The Labute approximate surface area is 88.7 Å². The molecule has 6 heteroatoms. The van der Waals surface area contributed by atoms with Crippen molar-refractivity contribution in [2.45, 2.75) is 0 Å². The van der Waals surface area contributed by atoms with E-state index in [9.17, 15) is 14.5 Å². The van der Waals surface area contributed by atoms with E-state index in [1.807, 2.05) is 0 Å². The maximum atomic E-state index is 11.7. The summed E-state index contributed by atoms with van der Waals surface area (Å²) >= 11 is 0. The Morgan fingerprint density at radius 3 is 2.62 bits per heavy atom. The Hall–Kier alpha value is -2.50. The van der Waals surface area contributed by atoms with Gasteiger partial charge in [0.15, 0.2) is 0 Å². The van der Waals surface area contributed by atoms with Crippen LogP contribution in [-0.4, -0.2) is 15.8 Å². The van der Waals surface area contributed by atoms with Crippen LogP contribution in [0.4, 0.5) is 0 Å². The molecule has 1 aromatic heterocycles. The number of hydrogen-bond acceptors (Lipinski definition) is 4. The number of benzene rings is 1. The Kier molecular flexibility index (Phi) is 2.24. The van der Waals surface area contributed by atoms with E-state index < -0.39 is 17.0 Å².